The van der Waals surface area contributed by atoms with E-state index in [1.165, 1.54) is 16.0 Å². The third-order valence-electron chi connectivity index (χ3n) is 4.31. The normalized spacial score (nSPS) is 11.4. The summed E-state index contributed by atoms with van der Waals surface area (Å²) in [4.78, 5) is 2.54. The minimum Gasteiger partial charge on any atom is -0.280 e. The van der Waals surface area contributed by atoms with Gasteiger partial charge in [0.1, 0.15) is 0 Å². The molecular formula is C22H23NO2S2. The third-order valence-corrected chi connectivity index (χ3v) is 6.89. The first-order valence-electron chi connectivity index (χ1n) is 8.84. The van der Waals surface area contributed by atoms with Gasteiger partial charge >= 0.3 is 0 Å². The van der Waals surface area contributed by atoms with Crippen molar-refractivity contribution in [1.82, 2.24) is 0 Å². The molecular weight excluding hydrogens is 374 g/mol. The van der Waals surface area contributed by atoms with Crippen molar-refractivity contribution in [3.63, 3.8) is 0 Å². The molecule has 0 aliphatic heterocycles. The van der Waals surface area contributed by atoms with Crippen LogP contribution < -0.4 is 4.72 Å². The minimum atomic E-state index is -3.58. The Kier molecular flexibility index (Phi) is 5.92. The molecule has 0 unspecified atom stereocenters. The highest BCUT2D eigenvalue weighted by Gasteiger charge is 2.14. The lowest BCUT2D eigenvalue weighted by atomic mass is 10.2. The molecule has 3 rings (SSSR count). The molecule has 0 fully saturated rings. The maximum absolute atomic E-state index is 12.5. The van der Waals surface area contributed by atoms with E-state index in [0.29, 0.717) is 5.69 Å². The van der Waals surface area contributed by atoms with Gasteiger partial charge in [0.05, 0.1) is 4.90 Å². The maximum Gasteiger partial charge on any atom is 0.261 e. The molecule has 3 aromatic rings. The Bertz CT molecular complexity index is 1020. The molecule has 27 heavy (non-hydrogen) atoms. The zero-order valence-electron chi connectivity index (χ0n) is 15.7. The smallest absolute Gasteiger partial charge is 0.261 e. The molecule has 1 N–H and O–H groups in total. The number of rotatable bonds is 6. The van der Waals surface area contributed by atoms with Crippen LogP contribution in [0.25, 0.3) is 0 Å². The predicted molar refractivity (Wildman–Crippen MR) is 113 cm³/mol. The van der Waals surface area contributed by atoms with Gasteiger partial charge in [-0.2, -0.15) is 0 Å². The lowest BCUT2D eigenvalue weighted by Crippen LogP contribution is -2.12. The second kappa shape index (κ2) is 8.19. The van der Waals surface area contributed by atoms with Crippen molar-refractivity contribution >= 4 is 27.5 Å². The van der Waals surface area contributed by atoms with E-state index in [-0.39, 0.29) is 4.90 Å². The van der Waals surface area contributed by atoms with Gasteiger partial charge in [0.2, 0.25) is 0 Å². The molecule has 0 saturated carbocycles. The second-order valence-corrected chi connectivity index (χ2v) is 9.30. The average molecular weight is 398 g/mol. The molecule has 140 valence electrons. The standard InChI is InChI=1S/C22H23NO2S2/c1-4-18-6-12-21(13-7-18)27(24,25)23-19-8-10-20(11-9-19)26-22-14-5-16(2)15-17(22)3/h5-15,23H,4H2,1-3H3. The molecule has 0 radical (unpaired) electrons. The fraction of sp³-hybridized carbons (Fsp3) is 0.182. The Morgan fingerprint density at radius 1 is 0.889 bits per heavy atom. The van der Waals surface area contributed by atoms with E-state index in [4.69, 9.17) is 0 Å². The highest BCUT2D eigenvalue weighted by molar-refractivity contribution is 7.99. The van der Waals surface area contributed by atoms with Crippen LogP contribution in [0.4, 0.5) is 5.69 Å². The molecule has 0 bridgehead atoms. The Labute approximate surface area is 165 Å². The van der Waals surface area contributed by atoms with E-state index < -0.39 is 10.0 Å². The van der Waals surface area contributed by atoms with Crippen LogP contribution in [0.5, 0.6) is 0 Å². The summed E-state index contributed by atoms with van der Waals surface area (Å²) in [6, 6.07) is 20.8. The van der Waals surface area contributed by atoms with Gasteiger partial charge in [0.25, 0.3) is 10.0 Å². The van der Waals surface area contributed by atoms with E-state index in [9.17, 15) is 8.42 Å². The number of aryl methyl sites for hydroxylation is 3. The SMILES string of the molecule is CCc1ccc(S(=O)(=O)Nc2ccc(Sc3ccc(C)cc3C)cc2)cc1. The summed E-state index contributed by atoms with van der Waals surface area (Å²) < 4.78 is 27.7. The van der Waals surface area contributed by atoms with Gasteiger partial charge in [-0.05, 0) is 73.9 Å². The molecule has 0 amide bonds. The first kappa shape index (κ1) is 19.5. The zero-order valence-corrected chi connectivity index (χ0v) is 17.3. The van der Waals surface area contributed by atoms with E-state index in [0.717, 1.165) is 16.9 Å². The van der Waals surface area contributed by atoms with Crippen LogP contribution in [0.1, 0.15) is 23.6 Å². The molecule has 0 spiro atoms. The Hall–Kier alpha value is -2.24. The highest BCUT2D eigenvalue weighted by atomic mass is 32.2. The van der Waals surface area contributed by atoms with Crippen LogP contribution >= 0.6 is 11.8 Å². The summed E-state index contributed by atoms with van der Waals surface area (Å²) in [5.74, 6) is 0. The molecule has 0 aliphatic rings. The summed E-state index contributed by atoms with van der Waals surface area (Å²) in [6.07, 6.45) is 0.882. The Morgan fingerprint density at radius 3 is 2.15 bits per heavy atom. The van der Waals surface area contributed by atoms with Gasteiger partial charge in [-0.15, -0.1) is 0 Å². The highest BCUT2D eigenvalue weighted by Crippen LogP contribution is 2.31. The van der Waals surface area contributed by atoms with E-state index in [1.807, 2.05) is 31.2 Å². The molecule has 3 aromatic carbocycles. The van der Waals surface area contributed by atoms with Crippen molar-refractivity contribution in [2.75, 3.05) is 4.72 Å². The molecule has 0 heterocycles. The molecule has 3 nitrogen and oxygen atoms in total. The van der Waals surface area contributed by atoms with Crippen LogP contribution in [0.15, 0.2) is 81.4 Å². The minimum absolute atomic E-state index is 0.272. The van der Waals surface area contributed by atoms with E-state index in [2.05, 4.69) is 36.8 Å². The van der Waals surface area contributed by atoms with Gasteiger partial charge in [-0.3, -0.25) is 4.72 Å². The monoisotopic (exact) mass is 397 g/mol. The molecule has 0 aromatic heterocycles. The van der Waals surface area contributed by atoms with Gasteiger partial charge < -0.3 is 0 Å². The van der Waals surface area contributed by atoms with Crippen molar-refractivity contribution in [1.29, 1.82) is 0 Å². The number of nitrogens with one attached hydrogen (secondary N) is 1. The van der Waals surface area contributed by atoms with Crippen molar-refractivity contribution < 1.29 is 8.42 Å². The first-order chi connectivity index (χ1) is 12.9. The first-order valence-corrected chi connectivity index (χ1v) is 11.1. The summed E-state index contributed by atoms with van der Waals surface area (Å²) in [6.45, 7) is 6.22. The van der Waals surface area contributed by atoms with Gasteiger partial charge in [-0.1, -0.05) is 48.5 Å². The van der Waals surface area contributed by atoms with Crippen molar-refractivity contribution in [3.05, 3.63) is 83.4 Å². The van der Waals surface area contributed by atoms with Gasteiger partial charge in [0, 0.05) is 15.5 Å². The van der Waals surface area contributed by atoms with Crippen molar-refractivity contribution in [2.24, 2.45) is 0 Å². The fourth-order valence-electron chi connectivity index (χ4n) is 2.75. The number of hydrogen-bond acceptors (Lipinski definition) is 3. The molecule has 0 saturated heterocycles. The summed E-state index contributed by atoms with van der Waals surface area (Å²) in [5, 5.41) is 0. The lowest BCUT2D eigenvalue weighted by molar-refractivity contribution is 0.601. The topological polar surface area (TPSA) is 46.2 Å². The van der Waals surface area contributed by atoms with Crippen LogP contribution in [-0.2, 0) is 16.4 Å². The summed E-state index contributed by atoms with van der Waals surface area (Å²) >= 11 is 1.67. The molecule has 5 heteroatoms. The number of anilines is 1. The molecule has 0 atom stereocenters. The Morgan fingerprint density at radius 2 is 1.56 bits per heavy atom. The molecule has 0 aliphatic carbocycles. The quantitative estimate of drug-likeness (QED) is 0.570. The third kappa shape index (κ3) is 4.93. The van der Waals surface area contributed by atoms with Crippen LogP contribution in [0.2, 0.25) is 0 Å². The van der Waals surface area contributed by atoms with Crippen LogP contribution in [0.3, 0.4) is 0 Å². The number of benzene rings is 3. The van der Waals surface area contributed by atoms with Crippen molar-refractivity contribution in [2.45, 2.75) is 41.9 Å². The van der Waals surface area contributed by atoms with Crippen LogP contribution in [0, 0.1) is 13.8 Å². The van der Waals surface area contributed by atoms with Crippen LogP contribution in [-0.4, -0.2) is 8.42 Å². The predicted octanol–water partition coefficient (Wildman–Crippen LogP) is 5.82. The maximum atomic E-state index is 12.5. The van der Waals surface area contributed by atoms with Crippen molar-refractivity contribution in [3.8, 4) is 0 Å². The summed E-state index contributed by atoms with van der Waals surface area (Å²) in [5.41, 5.74) is 4.15. The van der Waals surface area contributed by atoms with Gasteiger partial charge in [0.15, 0.2) is 0 Å². The lowest BCUT2D eigenvalue weighted by Gasteiger charge is -2.10. The van der Waals surface area contributed by atoms with E-state index in [1.54, 1.807) is 36.0 Å². The largest absolute Gasteiger partial charge is 0.280 e. The Balaban J connectivity index is 1.72. The summed E-state index contributed by atoms with van der Waals surface area (Å²) in [7, 11) is -3.58. The van der Waals surface area contributed by atoms with Gasteiger partial charge in [-0.25, -0.2) is 8.42 Å². The van der Waals surface area contributed by atoms with E-state index >= 15 is 0 Å². The number of sulfonamides is 1. The fourth-order valence-corrected chi connectivity index (χ4v) is 4.69. The zero-order chi connectivity index (χ0) is 19.4. The average Bonchev–Trinajstić information content (AvgIpc) is 2.65. The second-order valence-electron chi connectivity index (χ2n) is 6.50. The number of hydrogen-bond donors (Lipinski definition) is 1.